The molecule has 0 radical (unpaired) electrons. The summed E-state index contributed by atoms with van der Waals surface area (Å²) in [6.07, 6.45) is -6.28. The smallest absolute Gasteiger partial charge is 0.417 e. The van der Waals surface area contributed by atoms with Gasteiger partial charge in [-0.15, -0.1) is 0 Å². The number of hydrogen-bond acceptors (Lipinski definition) is 3. The third-order valence-corrected chi connectivity index (χ3v) is 6.20. The molecule has 0 saturated carbocycles. The van der Waals surface area contributed by atoms with Crippen LogP contribution in [0.2, 0.25) is 0 Å². The number of carbonyl (C=O) groups excluding carboxylic acids is 1. The molecule has 10 heteroatoms. The van der Waals surface area contributed by atoms with Gasteiger partial charge in [0.05, 0.1) is 22.7 Å². The molecule has 2 aliphatic rings. The van der Waals surface area contributed by atoms with Crippen molar-refractivity contribution < 1.29 is 35.9 Å². The zero-order valence-corrected chi connectivity index (χ0v) is 18.2. The number of nitrogens with zero attached hydrogens (tertiary/aromatic N) is 1. The maximum absolute atomic E-state index is 13.5. The molecule has 0 spiro atoms. The van der Waals surface area contributed by atoms with Crippen molar-refractivity contribution in [1.29, 1.82) is 0 Å². The van der Waals surface area contributed by atoms with Gasteiger partial charge in [-0.3, -0.25) is 9.69 Å². The van der Waals surface area contributed by atoms with Gasteiger partial charge >= 0.3 is 12.4 Å². The lowest BCUT2D eigenvalue weighted by Crippen LogP contribution is -2.43. The summed E-state index contributed by atoms with van der Waals surface area (Å²) in [6.45, 7) is 2.73. The third kappa shape index (κ3) is 5.48. The minimum absolute atomic E-state index is 0.0295. The fourth-order valence-corrected chi connectivity index (χ4v) is 4.49. The van der Waals surface area contributed by atoms with Crippen molar-refractivity contribution >= 4 is 5.91 Å². The van der Waals surface area contributed by atoms with Gasteiger partial charge in [-0.25, -0.2) is 0 Å². The Morgan fingerprint density at radius 2 is 1.74 bits per heavy atom. The molecule has 0 aliphatic carbocycles. The molecule has 1 saturated heterocycles. The monoisotopic (exact) mass is 486 g/mol. The van der Waals surface area contributed by atoms with E-state index >= 15 is 0 Å². The van der Waals surface area contributed by atoms with Gasteiger partial charge in [-0.2, -0.15) is 26.3 Å². The summed E-state index contributed by atoms with van der Waals surface area (Å²) in [5, 5.41) is 2.52. The van der Waals surface area contributed by atoms with Gasteiger partial charge in [-0.05, 0) is 62.2 Å². The zero-order valence-electron chi connectivity index (χ0n) is 18.2. The molecule has 4 rings (SSSR count). The molecule has 1 amide bonds. The van der Waals surface area contributed by atoms with E-state index in [1.54, 1.807) is 0 Å². The summed E-state index contributed by atoms with van der Waals surface area (Å²) in [5.41, 5.74) is -2.03. The molecule has 2 aromatic rings. The van der Waals surface area contributed by atoms with E-state index < -0.39 is 41.0 Å². The minimum Gasteiger partial charge on any atom is -0.491 e. The number of fused-ring (bicyclic) bond motifs is 1. The van der Waals surface area contributed by atoms with Crippen molar-refractivity contribution in [3.05, 3.63) is 64.2 Å². The summed E-state index contributed by atoms with van der Waals surface area (Å²) in [7, 11) is 0. The Balaban J connectivity index is 1.52. The van der Waals surface area contributed by atoms with Gasteiger partial charge in [0.2, 0.25) is 0 Å². The van der Waals surface area contributed by atoms with Crippen LogP contribution in [0.5, 0.6) is 5.75 Å². The Labute approximate surface area is 192 Å². The Bertz CT molecular complexity index is 1040. The van der Waals surface area contributed by atoms with Crippen molar-refractivity contribution in [3.8, 4) is 5.75 Å². The summed E-state index contributed by atoms with van der Waals surface area (Å²) in [6, 6.07) is 6.07. The quantitative estimate of drug-likeness (QED) is 0.585. The van der Waals surface area contributed by atoms with Crippen LogP contribution in [-0.2, 0) is 25.3 Å². The van der Waals surface area contributed by atoms with Crippen molar-refractivity contribution in [2.45, 2.75) is 50.6 Å². The molecule has 0 aromatic heterocycles. The number of benzene rings is 2. The second kappa shape index (κ2) is 9.48. The number of ether oxygens (including phenoxy) is 1. The van der Waals surface area contributed by atoms with Crippen LogP contribution in [-0.4, -0.2) is 36.5 Å². The summed E-state index contributed by atoms with van der Waals surface area (Å²) in [5.74, 6) is -0.419. The molecule has 1 N–H and O–H groups in total. The number of amides is 1. The molecular weight excluding hydrogens is 462 g/mol. The molecule has 1 fully saturated rings. The molecule has 2 heterocycles. The van der Waals surface area contributed by atoms with Crippen molar-refractivity contribution in [1.82, 2.24) is 10.2 Å². The van der Waals surface area contributed by atoms with E-state index in [9.17, 15) is 31.1 Å². The Morgan fingerprint density at radius 3 is 2.41 bits per heavy atom. The number of halogens is 6. The van der Waals surface area contributed by atoms with Crippen LogP contribution in [0.3, 0.4) is 0 Å². The highest BCUT2D eigenvalue weighted by atomic mass is 19.4. The van der Waals surface area contributed by atoms with Gasteiger partial charge in [-0.1, -0.05) is 18.6 Å². The summed E-state index contributed by atoms with van der Waals surface area (Å²) in [4.78, 5) is 15.0. The van der Waals surface area contributed by atoms with E-state index in [0.29, 0.717) is 30.8 Å². The molecule has 34 heavy (non-hydrogen) atoms. The number of nitrogens with one attached hydrogen (secondary N) is 1. The molecule has 0 bridgehead atoms. The SMILES string of the molecule is O=C(N[C@@H]1COc2cccc(CN3CCCCC3)c2C1)c1ccc(C(F)(F)F)cc1C(F)(F)F. The maximum atomic E-state index is 13.5. The molecule has 0 unspecified atom stereocenters. The highest BCUT2D eigenvalue weighted by molar-refractivity contribution is 5.96. The number of alkyl halides is 6. The van der Waals surface area contributed by atoms with Crippen LogP contribution in [0, 0.1) is 0 Å². The predicted octanol–water partition coefficient (Wildman–Crippen LogP) is 5.44. The molecule has 184 valence electrons. The lowest BCUT2D eigenvalue weighted by molar-refractivity contribution is -0.143. The second-order valence-corrected chi connectivity index (χ2v) is 8.67. The van der Waals surface area contributed by atoms with Gasteiger partial charge in [0.15, 0.2) is 0 Å². The molecule has 2 aliphatic heterocycles. The van der Waals surface area contributed by atoms with E-state index in [4.69, 9.17) is 4.74 Å². The molecule has 1 atom stereocenters. The maximum Gasteiger partial charge on any atom is 0.417 e. The number of likely N-dealkylation sites (tertiary alicyclic amines) is 1. The Kier molecular flexibility index (Phi) is 6.80. The van der Waals surface area contributed by atoms with Crippen molar-refractivity contribution in [3.63, 3.8) is 0 Å². The number of carbonyl (C=O) groups is 1. The second-order valence-electron chi connectivity index (χ2n) is 8.67. The number of piperidine rings is 1. The van der Waals surface area contributed by atoms with Gasteiger partial charge in [0.1, 0.15) is 12.4 Å². The molecular formula is C24H24F6N2O2. The largest absolute Gasteiger partial charge is 0.491 e. The first-order valence-electron chi connectivity index (χ1n) is 11.1. The van der Waals surface area contributed by atoms with E-state index in [-0.39, 0.29) is 12.7 Å². The van der Waals surface area contributed by atoms with Gasteiger partial charge in [0.25, 0.3) is 5.91 Å². The fourth-order valence-electron chi connectivity index (χ4n) is 4.49. The van der Waals surface area contributed by atoms with Crippen molar-refractivity contribution in [2.75, 3.05) is 19.7 Å². The molecule has 2 aromatic carbocycles. The average Bonchev–Trinajstić information content (AvgIpc) is 2.78. The van der Waals surface area contributed by atoms with Gasteiger partial charge < -0.3 is 10.1 Å². The number of hydrogen-bond donors (Lipinski definition) is 1. The summed E-state index contributed by atoms with van der Waals surface area (Å²) < 4.78 is 84.9. The summed E-state index contributed by atoms with van der Waals surface area (Å²) >= 11 is 0. The topological polar surface area (TPSA) is 41.6 Å². The highest BCUT2D eigenvalue weighted by Crippen LogP contribution is 2.37. The van der Waals surface area contributed by atoms with Crippen LogP contribution in [0.15, 0.2) is 36.4 Å². The average molecular weight is 486 g/mol. The van der Waals surface area contributed by atoms with Crippen LogP contribution in [0.4, 0.5) is 26.3 Å². The zero-order chi connectivity index (χ0) is 24.5. The fraction of sp³-hybridized carbons (Fsp3) is 0.458. The highest BCUT2D eigenvalue weighted by Gasteiger charge is 2.40. The van der Waals surface area contributed by atoms with Crippen LogP contribution in [0.25, 0.3) is 0 Å². The number of rotatable bonds is 4. The van der Waals surface area contributed by atoms with Crippen LogP contribution >= 0.6 is 0 Å². The van der Waals surface area contributed by atoms with Gasteiger partial charge in [0, 0.05) is 12.1 Å². The van der Waals surface area contributed by atoms with Crippen molar-refractivity contribution in [2.24, 2.45) is 0 Å². The van der Waals surface area contributed by atoms with E-state index in [1.807, 2.05) is 18.2 Å². The third-order valence-electron chi connectivity index (χ3n) is 6.20. The first-order chi connectivity index (χ1) is 16.0. The van der Waals surface area contributed by atoms with E-state index in [2.05, 4.69) is 10.2 Å². The first kappa shape index (κ1) is 24.4. The van der Waals surface area contributed by atoms with Crippen LogP contribution < -0.4 is 10.1 Å². The van der Waals surface area contributed by atoms with E-state index in [0.717, 1.165) is 37.1 Å². The lowest BCUT2D eigenvalue weighted by atomic mass is 9.95. The first-order valence-corrected chi connectivity index (χ1v) is 11.1. The normalized spacial score (nSPS) is 19.3. The minimum atomic E-state index is -5.12. The standard InChI is InChI=1S/C24H24F6N2O2/c25-23(26,27)16-7-8-18(20(11-16)24(28,29)30)22(33)31-17-12-19-15(5-4-6-21(19)34-14-17)13-32-9-2-1-3-10-32/h4-8,11,17H,1-3,9-10,12-14H2,(H,31,33)/t17-/m0/s1. The predicted molar refractivity (Wildman–Crippen MR) is 112 cm³/mol. The van der Waals surface area contributed by atoms with E-state index in [1.165, 1.54) is 6.42 Å². The Hall–Kier alpha value is -2.75. The molecule has 4 nitrogen and oxygen atoms in total. The van der Waals surface area contributed by atoms with Crippen LogP contribution in [0.1, 0.15) is 51.9 Å². The Morgan fingerprint density at radius 1 is 1.00 bits per heavy atom. The lowest BCUT2D eigenvalue weighted by Gasteiger charge is -2.31.